The van der Waals surface area contributed by atoms with Crippen LogP contribution < -0.4 is 5.32 Å². The molecular weight excluding hydrogens is 222 g/mol. The van der Waals surface area contributed by atoms with Gasteiger partial charge in [0.25, 0.3) is 0 Å². The molecule has 0 amide bonds. The summed E-state index contributed by atoms with van der Waals surface area (Å²) in [7, 11) is 1.98. The highest BCUT2D eigenvalue weighted by atomic mass is 35.5. The molecule has 0 bridgehead atoms. The number of halogens is 1. The molecule has 2 rings (SSSR count). The van der Waals surface area contributed by atoms with Crippen LogP contribution in [0, 0.1) is 5.92 Å². The van der Waals surface area contributed by atoms with Crippen molar-refractivity contribution >= 4 is 11.6 Å². The van der Waals surface area contributed by atoms with Crippen LogP contribution in [0.2, 0.25) is 5.02 Å². The van der Waals surface area contributed by atoms with Crippen LogP contribution in [-0.2, 0) is 4.74 Å². The summed E-state index contributed by atoms with van der Waals surface area (Å²) in [5, 5.41) is 4.12. The number of hydrogen-bond acceptors (Lipinski definition) is 2. The molecule has 1 aromatic rings. The van der Waals surface area contributed by atoms with Crippen LogP contribution in [0.5, 0.6) is 0 Å². The first-order chi connectivity index (χ1) is 7.72. The first-order valence-electron chi connectivity index (χ1n) is 5.76. The van der Waals surface area contributed by atoms with E-state index < -0.39 is 0 Å². The lowest BCUT2D eigenvalue weighted by Crippen LogP contribution is -2.32. The van der Waals surface area contributed by atoms with Crippen LogP contribution in [0.1, 0.15) is 24.9 Å². The summed E-state index contributed by atoms with van der Waals surface area (Å²) in [5.41, 5.74) is 1.24. The summed E-state index contributed by atoms with van der Waals surface area (Å²) in [5.74, 6) is 0.605. The van der Waals surface area contributed by atoms with E-state index >= 15 is 0 Å². The molecule has 0 spiro atoms. The van der Waals surface area contributed by atoms with Gasteiger partial charge >= 0.3 is 0 Å². The van der Waals surface area contributed by atoms with Gasteiger partial charge in [0.15, 0.2) is 0 Å². The van der Waals surface area contributed by atoms with E-state index in [4.69, 9.17) is 16.3 Å². The molecule has 1 aromatic carbocycles. The molecule has 16 heavy (non-hydrogen) atoms. The van der Waals surface area contributed by atoms with Gasteiger partial charge in [-0.1, -0.05) is 30.7 Å². The first-order valence-corrected chi connectivity index (χ1v) is 6.14. The molecule has 2 nitrogen and oxygen atoms in total. The molecule has 0 aliphatic carbocycles. The van der Waals surface area contributed by atoms with Gasteiger partial charge in [-0.25, -0.2) is 0 Å². The van der Waals surface area contributed by atoms with Gasteiger partial charge in [0.2, 0.25) is 0 Å². The molecule has 0 radical (unpaired) electrons. The highest BCUT2D eigenvalue weighted by Gasteiger charge is 2.31. The van der Waals surface area contributed by atoms with Crippen LogP contribution in [-0.4, -0.2) is 19.8 Å². The van der Waals surface area contributed by atoms with Gasteiger partial charge in [0, 0.05) is 11.6 Å². The summed E-state index contributed by atoms with van der Waals surface area (Å²) in [4.78, 5) is 0. The van der Waals surface area contributed by atoms with Crippen LogP contribution in [0.25, 0.3) is 0 Å². The van der Waals surface area contributed by atoms with Gasteiger partial charge < -0.3 is 10.1 Å². The summed E-state index contributed by atoms with van der Waals surface area (Å²) in [6, 6.07) is 8.26. The third kappa shape index (κ3) is 2.40. The molecule has 1 aliphatic rings. The average Bonchev–Trinajstić information content (AvgIpc) is 2.69. The van der Waals surface area contributed by atoms with Crippen LogP contribution in [0.4, 0.5) is 0 Å². The Balaban J connectivity index is 2.18. The lowest BCUT2D eigenvalue weighted by atomic mass is 9.93. The first kappa shape index (κ1) is 11.9. The number of likely N-dealkylation sites (N-methyl/N-ethyl adjacent to an activating group) is 1. The third-order valence-corrected chi connectivity index (χ3v) is 3.56. The fourth-order valence-corrected chi connectivity index (χ4v) is 2.46. The Kier molecular flexibility index (Phi) is 3.85. The minimum atomic E-state index is 0.259. The molecule has 1 fully saturated rings. The summed E-state index contributed by atoms with van der Waals surface area (Å²) >= 11 is 5.90. The highest BCUT2D eigenvalue weighted by Crippen LogP contribution is 2.31. The molecule has 88 valence electrons. The normalized spacial score (nSPS) is 26.9. The highest BCUT2D eigenvalue weighted by molar-refractivity contribution is 6.30. The number of rotatable bonds is 3. The molecule has 3 unspecified atom stereocenters. The molecular formula is C13H18ClNO. The molecule has 1 heterocycles. The van der Waals surface area contributed by atoms with Crippen LogP contribution in [0.15, 0.2) is 24.3 Å². The van der Waals surface area contributed by atoms with E-state index in [2.05, 4.69) is 24.4 Å². The SMILES string of the molecule is CNC(c1ccc(Cl)cc1)C1OCCC1C. The second-order valence-corrected chi connectivity index (χ2v) is 4.86. The lowest BCUT2D eigenvalue weighted by Gasteiger charge is -2.26. The van der Waals surface area contributed by atoms with E-state index in [1.165, 1.54) is 5.56 Å². The standard InChI is InChI=1S/C13H18ClNO/c1-9-7-8-16-13(9)12(15-2)10-3-5-11(14)6-4-10/h3-6,9,12-13,15H,7-8H2,1-2H3. The maximum Gasteiger partial charge on any atom is 0.0795 e. The van der Waals surface area contributed by atoms with E-state index in [-0.39, 0.29) is 12.1 Å². The van der Waals surface area contributed by atoms with E-state index in [0.717, 1.165) is 18.1 Å². The maximum absolute atomic E-state index is 5.90. The minimum absolute atomic E-state index is 0.259. The van der Waals surface area contributed by atoms with Gasteiger partial charge in [-0.3, -0.25) is 0 Å². The Bertz CT molecular complexity index is 338. The van der Waals surface area contributed by atoms with Crippen molar-refractivity contribution in [2.75, 3.05) is 13.7 Å². The lowest BCUT2D eigenvalue weighted by molar-refractivity contribution is 0.0631. The van der Waals surface area contributed by atoms with Gasteiger partial charge in [-0.2, -0.15) is 0 Å². The van der Waals surface area contributed by atoms with Gasteiger partial charge in [0.05, 0.1) is 12.1 Å². The Hall–Kier alpha value is -0.570. The number of ether oxygens (including phenoxy) is 1. The van der Waals surface area contributed by atoms with Crippen molar-refractivity contribution in [1.82, 2.24) is 5.32 Å². The summed E-state index contributed by atoms with van der Waals surface area (Å²) in [6.07, 6.45) is 1.42. The molecule has 3 heteroatoms. The second-order valence-electron chi connectivity index (χ2n) is 4.42. The van der Waals surface area contributed by atoms with Crippen molar-refractivity contribution < 1.29 is 4.74 Å². The average molecular weight is 240 g/mol. The fraction of sp³-hybridized carbons (Fsp3) is 0.538. The smallest absolute Gasteiger partial charge is 0.0795 e. The zero-order chi connectivity index (χ0) is 11.5. The van der Waals surface area contributed by atoms with Crippen LogP contribution >= 0.6 is 11.6 Å². The number of nitrogens with one attached hydrogen (secondary N) is 1. The predicted molar refractivity (Wildman–Crippen MR) is 66.8 cm³/mol. The Morgan fingerprint density at radius 2 is 2.06 bits per heavy atom. The zero-order valence-corrected chi connectivity index (χ0v) is 10.5. The van der Waals surface area contributed by atoms with Crippen LogP contribution in [0.3, 0.4) is 0 Å². The Morgan fingerprint density at radius 1 is 1.38 bits per heavy atom. The van der Waals surface area contributed by atoms with E-state index in [1.807, 2.05) is 19.2 Å². The second kappa shape index (κ2) is 5.17. The molecule has 1 aliphatic heterocycles. The molecule has 0 saturated carbocycles. The van der Waals surface area contributed by atoms with Gasteiger partial charge in [0.1, 0.15) is 0 Å². The summed E-state index contributed by atoms with van der Waals surface area (Å²) in [6.45, 7) is 3.12. The topological polar surface area (TPSA) is 21.3 Å². The molecule has 0 aromatic heterocycles. The van der Waals surface area contributed by atoms with Crippen molar-refractivity contribution in [3.63, 3.8) is 0 Å². The minimum Gasteiger partial charge on any atom is -0.376 e. The van der Waals surface area contributed by atoms with E-state index in [0.29, 0.717) is 5.92 Å². The monoisotopic (exact) mass is 239 g/mol. The predicted octanol–water partition coefficient (Wildman–Crippen LogP) is 3.03. The van der Waals surface area contributed by atoms with Gasteiger partial charge in [-0.15, -0.1) is 0 Å². The van der Waals surface area contributed by atoms with Crippen molar-refractivity contribution in [3.8, 4) is 0 Å². The van der Waals surface area contributed by atoms with Crippen molar-refractivity contribution in [1.29, 1.82) is 0 Å². The van der Waals surface area contributed by atoms with Gasteiger partial charge in [-0.05, 0) is 37.1 Å². The molecule has 1 saturated heterocycles. The molecule has 3 atom stereocenters. The Labute approximate surface area is 102 Å². The molecule has 1 N–H and O–H groups in total. The number of benzene rings is 1. The quantitative estimate of drug-likeness (QED) is 0.876. The van der Waals surface area contributed by atoms with Crippen molar-refractivity contribution in [2.24, 2.45) is 5.92 Å². The summed E-state index contributed by atoms with van der Waals surface area (Å²) < 4.78 is 5.81. The fourth-order valence-electron chi connectivity index (χ4n) is 2.33. The maximum atomic E-state index is 5.90. The number of hydrogen-bond donors (Lipinski definition) is 1. The third-order valence-electron chi connectivity index (χ3n) is 3.31. The van der Waals surface area contributed by atoms with Crippen molar-refractivity contribution in [3.05, 3.63) is 34.9 Å². The van der Waals surface area contributed by atoms with E-state index in [9.17, 15) is 0 Å². The van der Waals surface area contributed by atoms with Crippen molar-refractivity contribution in [2.45, 2.75) is 25.5 Å². The van der Waals surface area contributed by atoms with E-state index in [1.54, 1.807) is 0 Å². The Morgan fingerprint density at radius 3 is 2.56 bits per heavy atom. The zero-order valence-electron chi connectivity index (χ0n) is 9.74. The largest absolute Gasteiger partial charge is 0.376 e.